The fourth-order valence-corrected chi connectivity index (χ4v) is 5.29. The zero-order valence-corrected chi connectivity index (χ0v) is 22.8. The van der Waals surface area contributed by atoms with Gasteiger partial charge in [0, 0.05) is 44.7 Å². The average Bonchev–Trinajstić information content (AvgIpc) is 3.00. The molecule has 4 aromatic carbocycles. The molecule has 6 heteroatoms. The topological polar surface area (TPSA) is 70.7 Å². The van der Waals surface area contributed by atoms with Crippen LogP contribution >= 0.6 is 0 Å². The summed E-state index contributed by atoms with van der Waals surface area (Å²) in [6.07, 6.45) is 1.64. The van der Waals surface area contributed by atoms with Crippen molar-refractivity contribution in [3.63, 3.8) is 0 Å². The van der Waals surface area contributed by atoms with Crippen LogP contribution in [-0.4, -0.2) is 38.6 Å². The molecule has 204 valence electrons. The largest absolute Gasteiger partial charge is 0.385 e. The van der Waals surface area contributed by atoms with Crippen molar-refractivity contribution in [2.45, 2.75) is 25.3 Å². The minimum absolute atomic E-state index is 0.150. The second-order valence-corrected chi connectivity index (χ2v) is 10.0. The van der Waals surface area contributed by atoms with Gasteiger partial charge in [-0.15, -0.1) is 0 Å². The number of ether oxygens (including phenoxy) is 1. The summed E-state index contributed by atoms with van der Waals surface area (Å²) in [6, 6.07) is 33.6. The minimum atomic E-state index is -0.480. The molecule has 0 atom stereocenters. The van der Waals surface area contributed by atoms with Gasteiger partial charge in [-0.25, -0.2) is 0 Å². The number of nitrogens with one attached hydrogen (secondary N) is 2. The van der Waals surface area contributed by atoms with Crippen LogP contribution in [0.5, 0.6) is 0 Å². The van der Waals surface area contributed by atoms with E-state index in [9.17, 15) is 9.59 Å². The summed E-state index contributed by atoms with van der Waals surface area (Å²) in [7, 11) is 1.65. The number of rotatable bonds is 10. The second kappa shape index (κ2) is 13.1. The molecular weight excluding hydrogens is 498 g/mol. The smallest absolute Gasteiger partial charge is 0.253 e. The van der Waals surface area contributed by atoms with Gasteiger partial charge in [0.2, 0.25) is 5.91 Å². The van der Waals surface area contributed by atoms with E-state index < -0.39 is 5.92 Å². The summed E-state index contributed by atoms with van der Waals surface area (Å²) < 4.78 is 5.13. The van der Waals surface area contributed by atoms with Crippen molar-refractivity contribution in [3.05, 3.63) is 131 Å². The minimum Gasteiger partial charge on any atom is -0.385 e. The summed E-state index contributed by atoms with van der Waals surface area (Å²) in [5.41, 5.74) is 6.43. The van der Waals surface area contributed by atoms with E-state index in [0.29, 0.717) is 24.4 Å². The summed E-state index contributed by atoms with van der Waals surface area (Å²) >= 11 is 0. The summed E-state index contributed by atoms with van der Waals surface area (Å²) in [4.78, 5) is 29.4. The molecule has 0 saturated carbocycles. The van der Waals surface area contributed by atoms with Gasteiger partial charge in [-0.2, -0.15) is 0 Å². The van der Waals surface area contributed by atoms with Gasteiger partial charge < -0.3 is 20.3 Å². The predicted octanol–water partition coefficient (Wildman–Crippen LogP) is 5.79. The van der Waals surface area contributed by atoms with Gasteiger partial charge in [-0.05, 0) is 53.3 Å². The molecule has 0 unspecified atom stereocenters. The Labute approximate surface area is 236 Å². The maximum atomic E-state index is 13.7. The zero-order chi connectivity index (χ0) is 27.7. The Morgan fingerprint density at radius 3 is 2.17 bits per heavy atom. The Hall–Kier alpha value is -4.42. The third-order valence-corrected chi connectivity index (χ3v) is 7.32. The van der Waals surface area contributed by atoms with Crippen molar-refractivity contribution < 1.29 is 14.3 Å². The normalized spacial score (nSPS) is 12.6. The fourth-order valence-electron chi connectivity index (χ4n) is 5.29. The highest BCUT2D eigenvalue weighted by Gasteiger charge is 2.25. The Morgan fingerprint density at radius 2 is 1.50 bits per heavy atom. The van der Waals surface area contributed by atoms with Crippen molar-refractivity contribution in [1.82, 2.24) is 5.32 Å². The van der Waals surface area contributed by atoms with E-state index in [4.69, 9.17) is 4.74 Å². The first-order chi connectivity index (χ1) is 19.6. The summed E-state index contributed by atoms with van der Waals surface area (Å²) in [6.45, 7) is 2.63. The Balaban J connectivity index is 1.43. The number of methoxy groups -OCH3 is 1. The Kier molecular flexibility index (Phi) is 8.89. The van der Waals surface area contributed by atoms with Gasteiger partial charge in [0.1, 0.15) is 0 Å². The van der Waals surface area contributed by atoms with Gasteiger partial charge in [-0.3, -0.25) is 9.59 Å². The number of hydrogen-bond donors (Lipinski definition) is 2. The Morgan fingerprint density at radius 1 is 0.850 bits per heavy atom. The van der Waals surface area contributed by atoms with Crippen molar-refractivity contribution in [2.75, 3.05) is 37.0 Å². The summed E-state index contributed by atoms with van der Waals surface area (Å²) in [5, 5.41) is 6.13. The highest BCUT2D eigenvalue weighted by molar-refractivity contribution is 6.03. The molecule has 0 radical (unpaired) electrons. The first kappa shape index (κ1) is 27.2. The average molecular weight is 534 g/mol. The molecule has 0 fully saturated rings. The van der Waals surface area contributed by atoms with Crippen LogP contribution in [0.15, 0.2) is 103 Å². The highest BCUT2D eigenvalue weighted by atomic mass is 16.5. The molecule has 2 amide bonds. The van der Waals surface area contributed by atoms with Crippen LogP contribution in [0.25, 0.3) is 0 Å². The lowest BCUT2D eigenvalue weighted by molar-refractivity contribution is -0.116. The third kappa shape index (κ3) is 6.41. The van der Waals surface area contributed by atoms with Crippen molar-refractivity contribution in [1.29, 1.82) is 0 Å². The maximum Gasteiger partial charge on any atom is 0.253 e. The standard InChI is InChI=1S/C34H35N3O3/c1-40-22-10-20-35-33(38)30-23-29(17-18-31(30)37-21-19-25-11-8-9-16-28(25)24-37)36-34(39)32(26-12-4-2-5-13-26)27-14-6-3-7-15-27/h2-9,11-18,23,32H,10,19-22,24H2,1H3,(H,35,38)(H,36,39). The van der Waals surface area contributed by atoms with Crippen molar-refractivity contribution >= 4 is 23.2 Å². The van der Waals surface area contributed by atoms with E-state index in [1.165, 1.54) is 11.1 Å². The summed E-state index contributed by atoms with van der Waals surface area (Å²) in [5.74, 6) is -0.792. The van der Waals surface area contributed by atoms with Gasteiger partial charge in [0.05, 0.1) is 11.5 Å². The van der Waals surface area contributed by atoms with E-state index in [1.807, 2.05) is 72.8 Å². The van der Waals surface area contributed by atoms with Crippen LogP contribution in [0.4, 0.5) is 11.4 Å². The molecular formula is C34H35N3O3. The van der Waals surface area contributed by atoms with E-state index >= 15 is 0 Å². The molecule has 4 aromatic rings. The van der Waals surface area contributed by atoms with Gasteiger partial charge in [0.15, 0.2) is 0 Å². The molecule has 40 heavy (non-hydrogen) atoms. The predicted molar refractivity (Wildman–Crippen MR) is 160 cm³/mol. The fraction of sp³-hybridized carbons (Fsp3) is 0.235. The molecule has 1 heterocycles. The molecule has 6 nitrogen and oxygen atoms in total. The first-order valence-corrected chi connectivity index (χ1v) is 13.8. The monoisotopic (exact) mass is 533 g/mol. The van der Waals surface area contributed by atoms with Crippen LogP contribution in [0.1, 0.15) is 45.0 Å². The molecule has 0 aliphatic carbocycles. The molecule has 0 spiro atoms. The molecule has 1 aliphatic heterocycles. The van der Waals surface area contributed by atoms with Gasteiger partial charge >= 0.3 is 0 Å². The van der Waals surface area contributed by atoms with E-state index in [1.54, 1.807) is 13.2 Å². The van der Waals surface area contributed by atoms with Crippen molar-refractivity contribution in [2.24, 2.45) is 0 Å². The lowest BCUT2D eigenvalue weighted by atomic mass is 9.90. The number of carbonyl (C=O) groups excluding carboxylic acids is 2. The van der Waals surface area contributed by atoms with Crippen molar-refractivity contribution in [3.8, 4) is 0 Å². The number of amides is 2. The van der Waals surface area contributed by atoms with E-state index in [0.717, 1.165) is 42.7 Å². The molecule has 0 saturated heterocycles. The van der Waals surface area contributed by atoms with E-state index in [2.05, 4.69) is 39.8 Å². The molecule has 0 bridgehead atoms. The molecule has 5 rings (SSSR count). The van der Waals surface area contributed by atoms with E-state index in [-0.39, 0.29) is 11.8 Å². The number of benzene rings is 4. The number of anilines is 2. The molecule has 2 N–H and O–H groups in total. The number of hydrogen-bond acceptors (Lipinski definition) is 4. The number of carbonyl (C=O) groups is 2. The number of nitrogens with zero attached hydrogens (tertiary/aromatic N) is 1. The lowest BCUT2D eigenvalue weighted by Gasteiger charge is -2.32. The first-order valence-electron chi connectivity index (χ1n) is 13.8. The second-order valence-electron chi connectivity index (χ2n) is 10.0. The van der Waals surface area contributed by atoms with Crippen LogP contribution in [0.3, 0.4) is 0 Å². The van der Waals surface area contributed by atoms with Crippen LogP contribution in [0.2, 0.25) is 0 Å². The molecule has 1 aliphatic rings. The molecule has 0 aromatic heterocycles. The Bertz CT molecular complexity index is 1400. The third-order valence-electron chi connectivity index (χ3n) is 7.32. The van der Waals surface area contributed by atoms with Gasteiger partial charge in [0.25, 0.3) is 5.91 Å². The number of fused-ring (bicyclic) bond motifs is 1. The van der Waals surface area contributed by atoms with Gasteiger partial charge in [-0.1, -0.05) is 84.9 Å². The zero-order valence-electron chi connectivity index (χ0n) is 22.8. The van der Waals surface area contributed by atoms with Crippen LogP contribution in [-0.2, 0) is 22.5 Å². The lowest BCUT2D eigenvalue weighted by Crippen LogP contribution is -2.33. The van der Waals surface area contributed by atoms with Crippen LogP contribution in [0, 0.1) is 0 Å². The maximum absolute atomic E-state index is 13.7. The van der Waals surface area contributed by atoms with Crippen LogP contribution < -0.4 is 15.5 Å². The highest BCUT2D eigenvalue weighted by Crippen LogP contribution is 2.31. The quantitative estimate of drug-likeness (QED) is 0.253. The SMILES string of the molecule is COCCCNC(=O)c1cc(NC(=O)C(c2ccccc2)c2ccccc2)ccc1N1CCc2ccccc2C1.